The maximum absolute atomic E-state index is 12.0. The number of aliphatic carboxylic acids is 1. The van der Waals surface area contributed by atoms with Gasteiger partial charge in [-0.2, -0.15) is 0 Å². The van der Waals surface area contributed by atoms with Crippen LogP contribution in [-0.4, -0.2) is 21.3 Å². The minimum absolute atomic E-state index is 0.0910. The SMILES string of the molecule is CC(C)(O)c1ccc2c(c1)[C@H](O)C[C@H]1[C@@](C)(C(=O)O)CCC[C@]21C. The van der Waals surface area contributed by atoms with E-state index in [4.69, 9.17) is 0 Å². The van der Waals surface area contributed by atoms with Crippen molar-refractivity contribution in [3.63, 3.8) is 0 Å². The van der Waals surface area contributed by atoms with Crippen molar-refractivity contribution in [1.29, 1.82) is 0 Å². The first-order valence-electron chi connectivity index (χ1n) is 8.79. The van der Waals surface area contributed by atoms with Crippen LogP contribution >= 0.6 is 0 Å². The second-order valence-corrected chi connectivity index (χ2v) is 8.66. The van der Waals surface area contributed by atoms with Crippen molar-refractivity contribution < 1.29 is 20.1 Å². The molecule has 0 aromatic heterocycles. The number of aliphatic hydroxyl groups is 2. The highest BCUT2D eigenvalue weighted by atomic mass is 16.4. The van der Waals surface area contributed by atoms with Crippen molar-refractivity contribution in [2.24, 2.45) is 11.3 Å². The minimum Gasteiger partial charge on any atom is -0.481 e. The van der Waals surface area contributed by atoms with Crippen LogP contribution in [0.3, 0.4) is 0 Å². The van der Waals surface area contributed by atoms with Crippen LogP contribution in [0.1, 0.15) is 76.2 Å². The van der Waals surface area contributed by atoms with Crippen molar-refractivity contribution in [1.82, 2.24) is 0 Å². The van der Waals surface area contributed by atoms with E-state index in [2.05, 4.69) is 6.92 Å². The van der Waals surface area contributed by atoms with Crippen molar-refractivity contribution in [2.45, 2.75) is 70.5 Å². The summed E-state index contributed by atoms with van der Waals surface area (Å²) >= 11 is 0. The number of carbonyl (C=O) groups is 1. The highest BCUT2D eigenvalue weighted by Crippen LogP contribution is 2.59. The van der Waals surface area contributed by atoms with E-state index < -0.39 is 23.1 Å². The molecule has 4 nitrogen and oxygen atoms in total. The van der Waals surface area contributed by atoms with Gasteiger partial charge in [-0.3, -0.25) is 4.79 Å². The third-order valence-corrected chi connectivity index (χ3v) is 6.61. The molecule has 132 valence electrons. The van der Waals surface area contributed by atoms with E-state index in [1.165, 1.54) is 0 Å². The van der Waals surface area contributed by atoms with Gasteiger partial charge >= 0.3 is 5.97 Å². The summed E-state index contributed by atoms with van der Waals surface area (Å²) in [5.41, 5.74) is 0.654. The Bertz CT molecular complexity index is 675. The van der Waals surface area contributed by atoms with Crippen LogP contribution in [-0.2, 0) is 15.8 Å². The summed E-state index contributed by atoms with van der Waals surface area (Å²) in [4.78, 5) is 12.0. The monoisotopic (exact) mass is 332 g/mol. The van der Waals surface area contributed by atoms with Crippen molar-refractivity contribution >= 4 is 5.97 Å². The summed E-state index contributed by atoms with van der Waals surface area (Å²) in [6.45, 7) is 7.44. The van der Waals surface area contributed by atoms with Gasteiger partial charge in [-0.05, 0) is 68.1 Å². The maximum atomic E-state index is 12.0. The Kier molecular flexibility index (Phi) is 3.85. The lowest BCUT2D eigenvalue weighted by Crippen LogP contribution is -2.53. The summed E-state index contributed by atoms with van der Waals surface area (Å²) in [6, 6.07) is 5.80. The molecular weight excluding hydrogens is 304 g/mol. The fourth-order valence-corrected chi connectivity index (χ4v) is 5.06. The first kappa shape index (κ1) is 17.4. The van der Waals surface area contributed by atoms with E-state index >= 15 is 0 Å². The van der Waals surface area contributed by atoms with E-state index in [1.54, 1.807) is 13.8 Å². The van der Waals surface area contributed by atoms with Gasteiger partial charge in [-0.1, -0.05) is 31.5 Å². The summed E-state index contributed by atoms with van der Waals surface area (Å²) in [7, 11) is 0. The number of carboxylic acids is 1. The van der Waals surface area contributed by atoms with Gasteiger partial charge in [0.15, 0.2) is 0 Å². The molecule has 4 atom stereocenters. The molecule has 2 aliphatic carbocycles. The largest absolute Gasteiger partial charge is 0.481 e. The van der Waals surface area contributed by atoms with E-state index in [1.807, 2.05) is 25.1 Å². The zero-order valence-corrected chi connectivity index (χ0v) is 15.0. The summed E-state index contributed by atoms with van der Waals surface area (Å²) in [6.07, 6.45) is 2.24. The molecule has 3 rings (SSSR count). The van der Waals surface area contributed by atoms with Gasteiger partial charge in [-0.25, -0.2) is 0 Å². The Morgan fingerprint density at radius 2 is 1.92 bits per heavy atom. The van der Waals surface area contributed by atoms with E-state index in [0.29, 0.717) is 12.8 Å². The first-order chi connectivity index (χ1) is 11.0. The van der Waals surface area contributed by atoms with Crippen LogP contribution in [0.2, 0.25) is 0 Å². The molecule has 1 aromatic rings. The predicted molar refractivity (Wildman–Crippen MR) is 91.7 cm³/mol. The van der Waals surface area contributed by atoms with Gasteiger partial charge in [0.2, 0.25) is 0 Å². The number of fused-ring (bicyclic) bond motifs is 3. The Hall–Kier alpha value is -1.39. The highest BCUT2D eigenvalue weighted by Gasteiger charge is 2.56. The molecule has 0 heterocycles. The molecule has 0 unspecified atom stereocenters. The topological polar surface area (TPSA) is 77.8 Å². The molecule has 4 heteroatoms. The van der Waals surface area contributed by atoms with Crippen LogP contribution in [0, 0.1) is 11.3 Å². The maximum Gasteiger partial charge on any atom is 0.309 e. The smallest absolute Gasteiger partial charge is 0.309 e. The van der Waals surface area contributed by atoms with Crippen LogP contribution in [0.5, 0.6) is 0 Å². The fraction of sp³-hybridized carbons (Fsp3) is 0.650. The lowest BCUT2D eigenvalue weighted by atomic mass is 9.49. The normalized spacial score (nSPS) is 35.9. The lowest BCUT2D eigenvalue weighted by molar-refractivity contribution is -0.159. The van der Waals surface area contributed by atoms with Gasteiger partial charge < -0.3 is 15.3 Å². The number of hydrogen-bond acceptors (Lipinski definition) is 3. The third-order valence-electron chi connectivity index (χ3n) is 6.61. The Morgan fingerprint density at radius 3 is 2.50 bits per heavy atom. The summed E-state index contributed by atoms with van der Waals surface area (Å²) < 4.78 is 0. The molecule has 1 saturated carbocycles. The predicted octanol–water partition coefficient (Wildman–Crippen LogP) is 3.50. The molecule has 0 spiro atoms. The van der Waals surface area contributed by atoms with Gasteiger partial charge in [-0.15, -0.1) is 0 Å². The molecule has 2 aliphatic rings. The molecule has 1 fully saturated rings. The summed E-state index contributed by atoms with van der Waals surface area (Å²) in [5.74, 6) is -0.853. The molecule has 3 N–H and O–H groups in total. The van der Waals surface area contributed by atoms with Gasteiger partial charge in [0.25, 0.3) is 0 Å². The van der Waals surface area contributed by atoms with Crippen LogP contribution in [0.15, 0.2) is 18.2 Å². The quantitative estimate of drug-likeness (QED) is 0.774. The van der Waals surface area contributed by atoms with Crippen molar-refractivity contribution in [2.75, 3.05) is 0 Å². The lowest BCUT2D eigenvalue weighted by Gasteiger charge is -2.54. The minimum atomic E-state index is -0.964. The van der Waals surface area contributed by atoms with Crippen molar-refractivity contribution in [3.05, 3.63) is 34.9 Å². The average molecular weight is 332 g/mol. The average Bonchev–Trinajstić information content (AvgIpc) is 2.48. The molecule has 1 aromatic carbocycles. The first-order valence-corrected chi connectivity index (χ1v) is 8.79. The molecule has 0 amide bonds. The number of aliphatic hydroxyl groups excluding tert-OH is 1. The molecule has 0 bridgehead atoms. The van der Waals surface area contributed by atoms with E-state index in [-0.39, 0.29) is 11.3 Å². The Balaban J connectivity index is 2.15. The van der Waals surface area contributed by atoms with Crippen molar-refractivity contribution in [3.8, 4) is 0 Å². The number of carboxylic acid groups (broad SMARTS) is 1. The van der Waals surface area contributed by atoms with Crippen LogP contribution in [0.4, 0.5) is 0 Å². The van der Waals surface area contributed by atoms with E-state index in [0.717, 1.165) is 29.5 Å². The van der Waals surface area contributed by atoms with Gasteiger partial charge in [0.1, 0.15) is 0 Å². The zero-order valence-electron chi connectivity index (χ0n) is 15.0. The number of benzene rings is 1. The zero-order chi connectivity index (χ0) is 17.9. The molecule has 0 saturated heterocycles. The Labute approximate surface area is 143 Å². The molecular formula is C20H28O4. The van der Waals surface area contributed by atoms with E-state index in [9.17, 15) is 20.1 Å². The van der Waals surface area contributed by atoms with Crippen LogP contribution < -0.4 is 0 Å². The molecule has 0 radical (unpaired) electrons. The summed E-state index contributed by atoms with van der Waals surface area (Å²) in [5, 5.41) is 30.8. The highest BCUT2D eigenvalue weighted by molar-refractivity contribution is 5.75. The second-order valence-electron chi connectivity index (χ2n) is 8.66. The number of rotatable bonds is 2. The second kappa shape index (κ2) is 5.30. The Morgan fingerprint density at radius 1 is 1.25 bits per heavy atom. The van der Waals surface area contributed by atoms with Gasteiger partial charge in [0.05, 0.1) is 17.1 Å². The fourth-order valence-electron chi connectivity index (χ4n) is 5.06. The standard InChI is InChI=1S/C20H28O4/c1-18(2,24)12-6-7-14-13(10-12)15(21)11-16-19(14,3)8-5-9-20(16,4)17(22)23/h6-7,10,15-16,21,24H,5,8-9,11H2,1-4H3,(H,22,23)/t15-,16-,19-,20+/m1/s1. The van der Waals surface area contributed by atoms with Gasteiger partial charge in [0, 0.05) is 0 Å². The molecule has 24 heavy (non-hydrogen) atoms. The third kappa shape index (κ3) is 2.39. The van der Waals surface area contributed by atoms with Crippen LogP contribution in [0.25, 0.3) is 0 Å². The number of hydrogen-bond donors (Lipinski definition) is 3. The molecule has 0 aliphatic heterocycles.